The van der Waals surface area contributed by atoms with Gasteiger partial charge in [0.2, 0.25) is 0 Å². The molecule has 4 heteroatoms. The summed E-state index contributed by atoms with van der Waals surface area (Å²) in [5.74, 6) is -0.0889. The Morgan fingerprint density at radius 2 is 1.14 bits per heavy atom. The van der Waals surface area contributed by atoms with Gasteiger partial charge in [0.1, 0.15) is 0 Å². The molecule has 0 aromatic heterocycles. The molecule has 0 unspecified atom stereocenters. The molecule has 0 spiro atoms. The number of hydrogen-bond donors (Lipinski definition) is 1. The molecule has 126 valence electrons. The van der Waals surface area contributed by atoms with Crippen LogP contribution in [-0.2, 0) is 16.5 Å². The highest BCUT2D eigenvalue weighted by Crippen LogP contribution is 2.12. The van der Waals surface area contributed by atoms with Gasteiger partial charge in [0.15, 0.2) is 0 Å². The first-order valence-corrected chi connectivity index (χ1v) is 10.2. The summed E-state index contributed by atoms with van der Waals surface area (Å²) in [6.07, 6.45) is 12.6. The van der Waals surface area contributed by atoms with Crippen molar-refractivity contribution in [1.29, 1.82) is 0 Å². The summed E-state index contributed by atoms with van der Waals surface area (Å²) in [5.41, 5.74) is 1.44. The third-order valence-corrected chi connectivity index (χ3v) is 4.77. The van der Waals surface area contributed by atoms with Crippen molar-refractivity contribution in [3.63, 3.8) is 0 Å². The van der Waals surface area contributed by atoms with Crippen LogP contribution in [-0.4, -0.2) is 18.7 Å². The molecular weight excluding hydrogens is 296 g/mol. The minimum Gasteiger partial charge on any atom is -0.286 e. The molecule has 1 aromatic carbocycles. The maximum Gasteiger partial charge on any atom is 0.264 e. The van der Waals surface area contributed by atoms with Crippen molar-refractivity contribution in [1.82, 2.24) is 0 Å². The van der Waals surface area contributed by atoms with E-state index in [4.69, 9.17) is 4.55 Å². The van der Waals surface area contributed by atoms with Crippen molar-refractivity contribution >= 4 is 10.1 Å². The van der Waals surface area contributed by atoms with E-state index in [0.29, 0.717) is 6.42 Å². The second-order valence-corrected chi connectivity index (χ2v) is 7.63. The first-order valence-electron chi connectivity index (χ1n) is 8.57. The van der Waals surface area contributed by atoms with E-state index in [0.717, 1.165) is 12.8 Å². The summed E-state index contributed by atoms with van der Waals surface area (Å²) in [6, 6.07) is 10.7. The van der Waals surface area contributed by atoms with E-state index in [1.807, 2.05) is 0 Å². The first kappa shape index (κ1) is 19.2. The third-order valence-electron chi connectivity index (χ3n) is 3.96. The van der Waals surface area contributed by atoms with Crippen molar-refractivity contribution in [2.45, 2.75) is 70.6 Å². The lowest BCUT2D eigenvalue weighted by molar-refractivity contribution is 0.478. The van der Waals surface area contributed by atoms with Crippen molar-refractivity contribution in [3.8, 4) is 0 Å². The number of benzene rings is 1. The molecule has 3 nitrogen and oxygen atoms in total. The van der Waals surface area contributed by atoms with Gasteiger partial charge in [-0.1, -0.05) is 81.7 Å². The molecule has 0 amide bonds. The Morgan fingerprint density at radius 1 is 0.682 bits per heavy atom. The fourth-order valence-corrected chi connectivity index (χ4v) is 3.24. The molecule has 0 saturated carbocycles. The Kier molecular flexibility index (Phi) is 10.2. The summed E-state index contributed by atoms with van der Waals surface area (Å²) in [7, 11) is -3.75. The van der Waals surface area contributed by atoms with Crippen LogP contribution in [0.3, 0.4) is 0 Å². The maximum absolute atomic E-state index is 10.5. The second kappa shape index (κ2) is 11.7. The molecule has 0 radical (unpaired) electrons. The SMILES string of the molecule is O=S(=O)(O)CCCCCCCCCCCCc1ccccc1. The Labute approximate surface area is 135 Å². The zero-order valence-electron chi connectivity index (χ0n) is 13.5. The minimum atomic E-state index is -3.75. The van der Waals surface area contributed by atoms with Gasteiger partial charge in [0.25, 0.3) is 10.1 Å². The average Bonchev–Trinajstić information content (AvgIpc) is 2.48. The quantitative estimate of drug-likeness (QED) is 0.409. The molecule has 22 heavy (non-hydrogen) atoms. The van der Waals surface area contributed by atoms with Gasteiger partial charge in [-0.3, -0.25) is 4.55 Å². The van der Waals surface area contributed by atoms with Gasteiger partial charge in [0.05, 0.1) is 5.75 Å². The summed E-state index contributed by atoms with van der Waals surface area (Å²) < 4.78 is 29.7. The number of unbranched alkanes of at least 4 members (excludes halogenated alkanes) is 9. The number of aryl methyl sites for hydroxylation is 1. The van der Waals surface area contributed by atoms with Crippen LogP contribution in [0.1, 0.15) is 69.8 Å². The predicted octanol–water partition coefficient (Wildman–Crippen LogP) is 5.02. The first-order chi connectivity index (χ1) is 10.6. The summed E-state index contributed by atoms with van der Waals surface area (Å²) in [5, 5.41) is 0. The normalized spacial score (nSPS) is 11.7. The average molecular weight is 327 g/mol. The summed E-state index contributed by atoms with van der Waals surface area (Å²) >= 11 is 0. The van der Waals surface area contributed by atoms with Crippen LogP contribution in [0.25, 0.3) is 0 Å². The van der Waals surface area contributed by atoms with Crippen LogP contribution in [0.15, 0.2) is 30.3 Å². The van der Waals surface area contributed by atoms with Gasteiger partial charge in [-0.05, 0) is 24.8 Å². The monoisotopic (exact) mass is 326 g/mol. The van der Waals surface area contributed by atoms with Crippen molar-refractivity contribution in [2.24, 2.45) is 0 Å². The molecule has 0 aliphatic rings. The molecule has 1 rings (SSSR count). The Balaban J connectivity index is 1.80. The van der Waals surface area contributed by atoms with Crippen molar-refractivity contribution in [3.05, 3.63) is 35.9 Å². The zero-order chi connectivity index (χ0) is 16.1. The van der Waals surface area contributed by atoms with E-state index < -0.39 is 10.1 Å². The number of rotatable bonds is 13. The van der Waals surface area contributed by atoms with E-state index in [9.17, 15) is 8.42 Å². The van der Waals surface area contributed by atoms with Gasteiger partial charge >= 0.3 is 0 Å². The molecule has 0 aliphatic carbocycles. The predicted molar refractivity (Wildman–Crippen MR) is 92.7 cm³/mol. The lowest BCUT2D eigenvalue weighted by Crippen LogP contribution is -2.03. The van der Waals surface area contributed by atoms with Gasteiger partial charge in [-0.2, -0.15) is 8.42 Å². The Morgan fingerprint density at radius 3 is 1.64 bits per heavy atom. The molecule has 0 fully saturated rings. The van der Waals surface area contributed by atoms with Crippen LogP contribution in [0.4, 0.5) is 0 Å². The molecule has 1 aromatic rings. The Bertz CT molecular complexity index is 468. The van der Waals surface area contributed by atoms with Gasteiger partial charge < -0.3 is 0 Å². The molecule has 0 aliphatic heterocycles. The van der Waals surface area contributed by atoms with E-state index in [1.165, 1.54) is 56.9 Å². The molecular formula is C18H30O3S. The fraction of sp³-hybridized carbons (Fsp3) is 0.667. The second-order valence-electron chi connectivity index (χ2n) is 6.06. The largest absolute Gasteiger partial charge is 0.286 e. The van der Waals surface area contributed by atoms with Gasteiger partial charge in [-0.25, -0.2) is 0 Å². The molecule has 0 atom stereocenters. The van der Waals surface area contributed by atoms with Crippen LogP contribution in [0.2, 0.25) is 0 Å². The van der Waals surface area contributed by atoms with E-state index in [2.05, 4.69) is 30.3 Å². The standard InChI is InChI=1S/C18H30O3S/c19-22(20,21)17-13-8-6-4-2-1-3-5-7-10-14-18-15-11-9-12-16-18/h9,11-12,15-16H,1-8,10,13-14,17H2,(H,19,20,21). The topological polar surface area (TPSA) is 54.4 Å². The Hall–Kier alpha value is -0.870. The highest BCUT2D eigenvalue weighted by atomic mass is 32.2. The lowest BCUT2D eigenvalue weighted by atomic mass is 10.0. The van der Waals surface area contributed by atoms with Gasteiger partial charge in [-0.15, -0.1) is 0 Å². The maximum atomic E-state index is 10.5. The van der Waals surface area contributed by atoms with Gasteiger partial charge in [0, 0.05) is 0 Å². The van der Waals surface area contributed by atoms with Crippen molar-refractivity contribution < 1.29 is 13.0 Å². The smallest absolute Gasteiger partial charge is 0.264 e. The highest BCUT2D eigenvalue weighted by Gasteiger charge is 2.02. The van der Waals surface area contributed by atoms with Crippen LogP contribution >= 0.6 is 0 Å². The summed E-state index contributed by atoms with van der Waals surface area (Å²) in [4.78, 5) is 0. The molecule has 0 bridgehead atoms. The van der Waals surface area contributed by atoms with Crippen LogP contribution in [0, 0.1) is 0 Å². The lowest BCUT2D eigenvalue weighted by Gasteiger charge is -2.03. The number of hydrogen-bond acceptors (Lipinski definition) is 2. The van der Waals surface area contributed by atoms with Crippen LogP contribution < -0.4 is 0 Å². The van der Waals surface area contributed by atoms with Crippen LogP contribution in [0.5, 0.6) is 0 Å². The fourth-order valence-electron chi connectivity index (χ4n) is 2.67. The van der Waals surface area contributed by atoms with E-state index >= 15 is 0 Å². The molecule has 1 N–H and O–H groups in total. The summed E-state index contributed by atoms with van der Waals surface area (Å²) in [6.45, 7) is 0. The van der Waals surface area contributed by atoms with E-state index in [-0.39, 0.29) is 5.75 Å². The zero-order valence-corrected chi connectivity index (χ0v) is 14.4. The molecule has 0 saturated heterocycles. The highest BCUT2D eigenvalue weighted by molar-refractivity contribution is 7.85. The van der Waals surface area contributed by atoms with E-state index in [1.54, 1.807) is 0 Å². The minimum absolute atomic E-state index is 0.0889. The molecule has 0 heterocycles. The third kappa shape index (κ3) is 11.8. The van der Waals surface area contributed by atoms with Crippen molar-refractivity contribution in [2.75, 3.05) is 5.75 Å².